The first-order chi connectivity index (χ1) is 16.0. The summed E-state index contributed by atoms with van der Waals surface area (Å²) in [6.07, 6.45) is 4.61. The predicted octanol–water partition coefficient (Wildman–Crippen LogP) is 3.87. The lowest BCUT2D eigenvalue weighted by molar-refractivity contribution is 0.374. The van der Waals surface area contributed by atoms with Gasteiger partial charge in [0.1, 0.15) is 17.3 Å². The number of aryl methyl sites for hydroxylation is 1. The van der Waals surface area contributed by atoms with Crippen LogP contribution in [-0.2, 0) is 6.54 Å². The molecule has 1 N–H and O–H groups in total. The maximum absolute atomic E-state index is 13.8. The van der Waals surface area contributed by atoms with Crippen LogP contribution in [0.15, 0.2) is 30.6 Å². The Morgan fingerprint density at radius 2 is 1.82 bits per heavy atom. The molecule has 1 saturated carbocycles. The molecule has 2 fully saturated rings. The van der Waals surface area contributed by atoms with Crippen molar-refractivity contribution in [1.82, 2.24) is 24.7 Å². The number of hydrogen-bond donors (Lipinski definition) is 1. The van der Waals surface area contributed by atoms with Gasteiger partial charge in [-0.3, -0.25) is 0 Å². The van der Waals surface area contributed by atoms with Crippen molar-refractivity contribution in [3.8, 4) is 0 Å². The third kappa shape index (κ3) is 3.76. The number of halogens is 3. The molecule has 0 radical (unpaired) electrons. The lowest BCUT2D eigenvalue weighted by Gasteiger charge is -2.38. The van der Waals surface area contributed by atoms with Gasteiger partial charge in [-0.15, -0.1) is 5.10 Å². The molecule has 11 heteroatoms. The number of benzene rings is 1. The number of anilines is 4. The summed E-state index contributed by atoms with van der Waals surface area (Å²) >= 11 is 6.06. The first-order valence-electron chi connectivity index (χ1n) is 11.2. The van der Waals surface area contributed by atoms with Crippen molar-refractivity contribution in [2.75, 3.05) is 34.8 Å². The van der Waals surface area contributed by atoms with Gasteiger partial charge in [-0.2, -0.15) is 4.98 Å². The highest BCUT2D eigenvalue weighted by molar-refractivity contribution is 6.29. The van der Waals surface area contributed by atoms with Crippen LogP contribution < -0.4 is 15.1 Å². The first-order valence-corrected chi connectivity index (χ1v) is 11.6. The van der Waals surface area contributed by atoms with Gasteiger partial charge in [0.15, 0.2) is 11.6 Å². The van der Waals surface area contributed by atoms with E-state index in [0.717, 1.165) is 50.8 Å². The van der Waals surface area contributed by atoms with E-state index in [-0.39, 0.29) is 6.04 Å². The van der Waals surface area contributed by atoms with E-state index >= 15 is 0 Å². The highest BCUT2D eigenvalue weighted by Crippen LogP contribution is 2.40. The van der Waals surface area contributed by atoms with E-state index in [2.05, 4.69) is 25.3 Å². The molecule has 0 spiro atoms. The fourth-order valence-corrected chi connectivity index (χ4v) is 5.55. The minimum Gasteiger partial charge on any atom is -0.356 e. The van der Waals surface area contributed by atoms with Crippen LogP contribution in [0.1, 0.15) is 19.3 Å². The van der Waals surface area contributed by atoms with Crippen molar-refractivity contribution in [1.29, 1.82) is 0 Å². The first kappa shape index (κ1) is 20.6. The number of nitrogens with one attached hydrogen (secondary N) is 1. The maximum Gasteiger partial charge on any atom is 0.244 e. The van der Waals surface area contributed by atoms with Crippen molar-refractivity contribution in [3.05, 3.63) is 47.4 Å². The van der Waals surface area contributed by atoms with Crippen molar-refractivity contribution >= 4 is 35.0 Å². The van der Waals surface area contributed by atoms with E-state index in [1.165, 1.54) is 12.4 Å². The largest absolute Gasteiger partial charge is 0.356 e. The van der Waals surface area contributed by atoms with Crippen LogP contribution in [0, 0.1) is 23.5 Å². The summed E-state index contributed by atoms with van der Waals surface area (Å²) in [6, 6.07) is 6.02. The average molecular weight is 473 g/mol. The molecule has 8 nitrogen and oxygen atoms in total. The smallest absolute Gasteiger partial charge is 0.244 e. The van der Waals surface area contributed by atoms with Crippen molar-refractivity contribution < 1.29 is 8.78 Å². The molecule has 4 heterocycles. The van der Waals surface area contributed by atoms with Gasteiger partial charge in [0.05, 0.1) is 0 Å². The maximum atomic E-state index is 13.8. The zero-order valence-corrected chi connectivity index (χ0v) is 18.6. The molecule has 2 bridgehead atoms. The van der Waals surface area contributed by atoms with Crippen LogP contribution in [0.5, 0.6) is 0 Å². The number of rotatable bonds is 4. The molecule has 3 aromatic rings. The summed E-state index contributed by atoms with van der Waals surface area (Å²) < 4.78 is 29.1. The molecule has 1 aliphatic carbocycles. The Bertz CT molecular complexity index is 1170. The number of hydrogen-bond acceptors (Lipinski definition) is 7. The molecule has 1 saturated heterocycles. The normalized spacial score (nSPS) is 24.2. The van der Waals surface area contributed by atoms with Gasteiger partial charge in [-0.25, -0.2) is 23.4 Å². The highest BCUT2D eigenvalue weighted by atomic mass is 35.5. The summed E-state index contributed by atoms with van der Waals surface area (Å²) in [4.78, 5) is 17.3. The lowest BCUT2D eigenvalue weighted by Crippen LogP contribution is -2.48. The SMILES string of the molecule is Fc1ccc(N2CCCn3nc(NC4C5CCC4CN(c4cc(Cl)ncn4)C5)nc32)cc1F. The summed E-state index contributed by atoms with van der Waals surface area (Å²) in [6.45, 7) is 3.18. The van der Waals surface area contributed by atoms with Crippen LogP contribution in [0.4, 0.5) is 32.2 Å². The molecule has 6 rings (SSSR count). The van der Waals surface area contributed by atoms with Crippen LogP contribution in [0.25, 0.3) is 0 Å². The quantitative estimate of drug-likeness (QED) is 0.578. The van der Waals surface area contributed by atoms with E-state index in [9.17, 15) is 8.78 Å². The molecular weight excluding hydrogens is 450 g/mol. The minimum absolute atomic E-state index is 0.278. The van der Waals surface area contributed by atoms with Crippen LogP contribution in [-0.4, -0.2) is 50.4 Å². The summed E-state index contributed by atoms with van der Waals surface area (Å²) in [5.41, 5.74) is 0.575. The molecule has 33 heavy (non-hydrogen) atoms. The topological polar surface area (TPSA) is 75.0 Å². The molecule has 2 unspecified atom stereocenters. The Hall–Kier alpha value is -3.01. The lowest BCUT2D eigenvalue weighted by atomic mass is 9.92. The van der Waals surface area contributed by atoms with Crippen molar-refractivity contribution in [2.24, 2.45) is 11.8 Å². The molecule has 172 valence electrons. The summed E-state index contributed by atoms with van der Waals surface area (Å²) in [5, 5.41) is 8.72. The molecule has 1 aromatic carbocycles. The second-order valence-electron chi connectivity index (χ2n) is 8.93. The van der Waals surface area contributed by atoms with E-state index in [4.69, 9.17) is 16.6 Å². The Morgan fingerprint density at radius 1 is 1.00 bits per heavy atom. The highest BCUT2D eigenvalue weighted by Gasteiger charge is 2.43. The number of piperidine rings is 1. The van der Waals surface area contributed by atoms with Gasteiger partial charge >= 0.3 is 0 Å². The molecule has 2 atom stereocenters. The number of nitrogens with zero attached hydrogens (tertiary/aromatic N) is 7. The molecule has 2 aromatic heterocycles. The zero-order chi connectivity index (χ0) is 22.5. The van der Waals surface area contributed by atoms with Crippen LogP contribution in [0.3, 0.4) is 0 Å². The van der Waals surface area contributed by atoms with Gasteiger partial charge in [-0.05, 0) is 43.2 Å². The Kier molecular flexibility index (Phi) is 5.05. The Balaban J connectivity index is 1.21. The van der Waals surface area contributed by atoms with E-state index in [1.54, 1.807) is 6.07 Å². The van der Waals surface area contributed by atoms with Crippen molar-refractivity contribution in [2.45, 2.75) is 31.8 Å². The van der Waals surface area contributed by atoms with Gasteiger partial charge < -0.3 is 15.1 Å². The number of aromatic nitrogens is 5. The predicted molar refractivity (Wildman–Crippen MR) is 121 cm³/mol. The molecule has 0 amide bonds. The van der Waals surface area contributed by atoms with Crippen LogP contribution >= 0.6 is 11.6 Å². The van der Waals surface area contributed by atoms with Gasteiger partial charge in [-0.1, -0.05) is 11.6 Å². The van der Waals surface area contributed by atoms with Gasteiger partial charge in [0, 0.05) is 50.0 Å². The van der Waals surface area contributed by atoms with Gasteiger partial charge in [0.2, 0.25) is 11.9 Å². The summed E-state index contributed by atoms with van der Waals surface area (Å²) in [5.74, 6) is 1.26. The molecule has 2 aliphatic heterocycles. The second kappa shape index (κ2) is 8.09. The van der Waals surface area contributed by atoms with E-state index in [0.29, 0.717) is 41.1 Å². The average Bonchev–Trinajstić information content (AvgIpc) is 3.31. The zero-order valence-electron chi connectivity index (χ0n) is 17.8. The van der Waals surface area contributed by atoms with E-state index in [1.807, 2.05) is 15.6 Å². The Labute approximate surface area is 194 Å². The Morgan fingerprint density at radius 3 is 2.58 bits per heavy atom. The number of fused-ring (bicyclic) bond motifs is 3. The molecule has 3 aliphatic rings. The summed E-state index contributed by atoms with van der Waals surface area (Å²) in [7, 11) is 0. The van der Waals surface area contributed by atoms with Gasteiger partial charge in [0.25, 0.3) is 0 Å². The fraction of sp³-hybridized carbons (Fsp3) is 0.455. The third-order valence-electron chi connectivity index (χ3n) is 6.93. The van der Waals surface area contributed by atoms with E-state index < -0.39 is 11.6 Å². The fourth-order valence-electron chi connectivity index (χ4n) is 5.41. The minimum atomic E-state index is -0.865. The standard InChI is InChI=1S/C22H23ClF2N8/c23-18-9-19(27-12-26-18)31-10-13-2-3-14(11-31)20(13)28-21-29-22-32(6-1-7-33(22)30-21)15-4-5-16(24)17(25)8-15/h4-5,8-9,12-14,20H,1-3,6-7,10-11H2,(H,28,30). The molecular formula is C22H23ClF2N8. The van der Waals surface area contributed by atoms with Crippen molar-refractivity contribution in [3.63, 3.8) is 0 Å². The monoisotopic (exact) mass is 472 g/mol. The third-order valence-corrected chi connectivity index (χ3v) is 7.14. The second-order valence-corrected chi connectivity index (χ2v) is 9.32. The van der Waals surface area contributed by atoms with Crippen LogP contribution in [0.2, 0.25) is 5.15 Å².